The average Bonchev–Trinajstić information content (AvgIpc) is 2.99. The van der Waals surface area contributed by atoms with Gasteiger partial charge in [-0.3, -0.25) is 4.90 Å². The highest BCUT2D eigenvalue weighted by Crippen LogP contribution is 2.21. The number of hydrogen-bond acceptors (Lipinski definition) is 3. The van der Waals surface area contributed by atoms with Crippen LogP contribution in [0.1, 0.15) is 45.4 Å². The van der Waals surface area contributed by atoms with Gasteiger partial charge in [0.1, 0.15) is 0 Å². The van der Waals surface area contributed by atoms with Crippen LogP contribution < -0.4 is 5.73 Å². The summed E-state index contributed by atoms with van der Waals surface area (Å²) in [5.74, 6) is 0.812. The Balaban J connectivity index is 1.58. The Morgan fingerprint density at radius 3 is 2.67 bits per heavy atom. The molecular formula is C15H31N3. The molecule has 0 aromatic heterocycles. The average molecular weight is 253 g/mol. The van der Waals surface area contributed by atoms with Crippen molar-refractivity contribution in [2.45, 2.75) is 51.5 Å². The second-order valence-corrected chi connectivity index (χ2v) is 6.31. The molecule has 2 atom stereocenters. The van der Waals surface area contributed by atoms with Crippen molar-refractivity contribution in [3.8, 4) is 0 Å². The summed E-state index contributed by atoms with van der Waals surface area (Å²) in [6, 6.07) is 0.869. The number of hydrogen-bond donors (Lipinski definition) is 1. The van der Waals surface area contributed by atoms with Crippen LogP contribution >= 0.6 is 0 Å². The summed E-state index contributed by atoms with van der Waals surface area (Å²) in [6.45, 7) is 9.85. The van der Waals surface area contributed by atoms with Crippen molar-refractivity contribution in [3.63, 3.8) is 0 Å². The van der Waals surface area contributed by atoms with Gasteiger partial charge in [0.15, 0.2) is 0 Å². The number of likely N-dealkylation sites (tertiary alicyclic amines) is 2. The number of rotatable bonds is 7. The van der Waals surface area contributed by atoms with Gasteiger partial charge in [-0.2, -0.15) is 0 Å². The minimum Gasteiger partial charge on any atom is -0.330 e. The molecule has 2 aliphatic heterocycles. The van der Waals surface area contributed by atoms with Gasteiger partial charge in [-0.25, -0.2) is 0 Å². The third-order valence-corrected chi connectivity index (χ3v) is 4.74. The molecule has 2 fully saturated rings. The van der Waals surface area contributed by atoms with Gasteiger partial charge in [0.05, 0.1) is 0 Å². The molecule has 2 heterocycles. The highest BCUT2D eigenvalue weighted by molar-refractivity contribution is 4.85. The Morgan fingerprint density at radius 2 is 1.94 bits per heavy atom. The molecule has 0 saturated carbocycles. The van der Waals surface area contributed by atoms with Crippen LogP contribution in [-0.4, -0.2) is 55.1 Å². The lowest BCUT2D eigenvalue weighted by molar-refractivity contribution is 0.229. The molecule has 3 heteroatoms. The predicted molar refractivity (Wildman–Crippen MR) is 77.7 cm³/mol. The molecular weight excluding hydrogens is 222 g/mol. The maximum atomic E-state index is 5.60. The molecule has 0 amide bonds. The molecule has 0 aromatic rings. The van der Waals surface area contributed by atoms with Gasteiger partial charge >= 0.3 is 0 Å². The van der Waals surface area contributed by atoms with Crippen LogP contribution in [0.15, 0.2) is 0 Å². The van der Waals surface area contributed by atoms with Gasteiger partial charge in [-0.1, -0.05) is 6.92 Å². The third kappa shape index (κ3) is 4.22. The van der Waals surface area contributed by atoms with E-state index in [0.717, 1.165) is 18.5 Å². The highest BCUT2D eigenvalue weighted by Gasteiger charge is 2.28. The van der Waals surface area contributed by atoms with Crippen LogP contribution in [0.2, 0.25) is 0 Å². The van der Waals surface area contributed by atoms with Gasteiger partial charge in [0.2, 0.25) is 0 Å². The van der Waals surface area contributed by atoms with Gasteiger partial charge in [0, 0.05) is 12.6 Å². The summed E-state index contributed by atoms with van der Waals surface area (Å²) in [5, 5.41) is 0. The minimum atomic E-state index is 0.812. The molecule has 106 valence electrons. The van der Waals surface area contributed by atoms with Crippen LogP contribution in [0.4, 0.5) is 0 Å². The summed E-state index contributed by atoms with van der Waals surface area (Å²) in [4.78, 5) is 5.40. The van der Waals surface area contributed by atoms with Gasteiger partial charge in [-0.05, 0) is 77.2 Å². The number of nitrogens with two attached hydrogens (primary N) is 1. The fraction of sp³-hybridized carbons (Fsp3) is 1.00. The van der Waals surface area contributed by atoms with Gasteiger partial charge in [0.25, 0.3) is 0 Å². The molecule has 0 aromatic carbocycles. The predicted octanol–water partition coefficient (Wildman–Crippen LogP) is 1.92. The van der Waals surface area contributed by atoms with Crippen LogP contribution in [-0.2, 0) is 0 Å². The van der Waals surface area contributed by atoms with E-state index in [4.69, 9.17) is 5.73 Å². The first kappa shape index (κ1) is 14.3. The van der Waals surface area contributed by atoms with E-state index in [0.29, 0.717) is 0 Å². The van der Waals surface area contributed by atoms with Crippen molar-refractivity contribution in [2.24, 2.45) is 11.7 Å². The molecule has 2 aliphatic rings. The van der Waals surface area contributed by atoms with Crippen molar-refractivity contribution >= 4 is 0 Å². The quantitative estimate of drug-likeness (QED) is 0.752. The molecule has 2 unspecified atom stereocenters. The molecule has 0 aliphatic carbocycles. The van der Waals surface area contributed by atoms with E-state index in [1.54, 1.807) is 0 Å². The Hall–Kier alpha value is -0.120. The highest BCUT2D eigenvalue weighted by atomic mass is 15.3. The fourth-order valence-corrected chi connectivity index (χ4v) is 3.51. The van der Waals surface area contributed by atoms with E-state index in [1.807, 2.05) is 0 Å². The zero-order valence-electron chi connectivity index (χ0n) is 12.1. The fourth-order valence-electron chi connectivity index (χ4n) is 3.51. The van der Waals surface area contributed by atoms with Crippen molar-refractivity contribution in [2.75, 3.05) is 39.3 Å². The Kier molecular flexibility index (Phi) is 5.93. The lowest BCUT2D eigenvalue weighted by atomic mass is 10.0. The second kappa shape index (κ2) is 7.46. The Labute approximate surface area is 113 Å². The zero-order valence-corrected chi connectivity index (χ0v) is 12.1. The monoisotopic (exact) mass is 253 g/mol. The van der Waals surface area contributed by atoms with Crippen molar-refractivity contribution in [1.82, 2.24) is 9.80 Å². The van der Waals surface area contributed by atoms with E-state index in [9.17, 15) is 0 Å². The molecule has 0 bridgehead atoms. The van der Waals surface area contributed by atoms with E-state index < -0.39 is 0 Å². The normalized spacial score (nSPS) is 28.0. The van der Waals surface area contributed by atoms with Crippen LogP contribution in [0.5, 0.6) is 0 Å². The summed E-state index contributed by atoms with van der Waals surface area (Å²) in [6.07, 6.45) is 8.14. The molecule has 2 saturated heterocycles. The molecule has 0 spiro atoms. The van der Waals surface area contributed by atoms with Crippen LogP contribution in [0.3, 0.4) is 0 Å². The van der Waals surface area contributed by atoms with E-state index in [-0.39, 0.29) is 0 Å². The SMILES string of the molecule is CC(CCN)CCCN1CCC(N2CCCC2)C1. The molecule has 2 N–H and O–H groups in total. The minimum absolute atomic E-state index is 0.812. The number of nitrogens with zero attached hydrogens (tertiary/aromatic N) is 2. The lowest BCUT2D eigenvalue weighted by Crippen LogP contribution is -2.35. The topological polar surface area (TPSA) is 32.5 Å². The van der Waals surface area contributed by atoms with Crippen LogP contribution in [0.25, 0.3) is 0 Å². The standard InChI is InChI=1S/C15H31N3/c1-14(6-8-16)5-4-9-17-12-7-15(13-17)18-10-2-3-11-18/h14-15H,2-13,16H2,1H3. The smallest absolute Gasteiger partial charge is 0.0235 e. The summed E-state index contributed by atoms with van der Waals surface area (Å²) < 4.78 is 0. The largest absolute Gasteiger partial charge is 0.330 e. The first-order valence-electron chi connectivity index (χ1n) is 7.96. The maximum Gasteiger partial charge on any atom is 0.0235 e. The zero-order chi connectivity index (χ0) is 12.8. The van der Waals surface area contributed by atoms with Crippen molar-refractivity contribution in [1.29, 1.82) is 0 Å². The van der Waals surface area contributed by atoms with E-state index in [1.165, 1.54) is 71.2 Å². The second-order valence-electron chi connectivity index (χ2n) is 6.31. The third-order valence-electron chi connectivity index (χ3n) is 4.74. The van der Waals surface area contributed by atoms with Gasteiger partial charge < -0.3 is 10.6 Å². The lowest BCUT2D eigenvalue weighted by Gasteiger charge is -2.23. The van der Waals surface area contributed by atoms with E-state index in [2.05, 4.69) is 16.7 Å². The molecule has 3 nitrogen and oxygen atoms in total. The van der Waals surface area contributed by atoms with Crippen molar-refractivity contribution < 1.29 is 0 Å². The Morgan fingerprint density at radius 1 is 1.17 bits per heavy atom. The summed E-state index contributed by atoms with van der Waals surface area (Å²) >= 11 is 0. The Bertz CT molecular complexity index is 226. The first-order chi connectivity index (χ1) is 8.79. The summed E-state index contributed by atoms with van der Waals surface area (Å²) in [5.41, 5.74) is 5.60. The maximum absolute atomic E-state index is 5.60. The summed E-state index contributed by atoms with van der Waals surface area (Å²) in [7, 11) is 0. The molecule has 2 rings (SSSR count). The first-order valence-corrected chi connectivity index (χ1v) is 7.96. The van der Waals surface area contributed by atoms with Gasteiger partial charge in [-0.15, -0.1) is 0 Å². The molecule has 0 radical (unpaired) electrons. The van der Waals surface area contributed by atoms with E-state index >= 15 is 0 Å². The van der Waals surface area contributed by atoms with Crippen molar-refractivity contribution in [3.05, 3.63) is 0 Å². The molecule has 18 heavy (non-hydrogen) atoms. The van der Waals surface area contributed by atoms with Crippen LogP contribution in [0, 0.1) is 5.92 Å².